The smallest absolute Gasteiger partial charge is 0.183 e. The fraction of sp³-hybridized carbons (Fsp3) is 0.333. The monoisotopic (exact) mass is 383 g/mol. The highest BCUT2D eigenvalue weighted by Crippen LogP contribution is 2.55. The van der Waals surface area contributed by atoms with Crippen molar-refractivity contribution in [2.75, 3.05) is 13.2 Å². The Hall–Kier alpha value is -1.47. The van der Waals surface area contributed by atoms with Crippen LogP contribution >= 0.6 is 11.6 Å². The highest BCUT2D eigenvalue weighted by atomic mass is 35.5. The van der Waals surface area contributed by atoms with Crippen LogP contribution in [-0.2, 0) is 14.6 Å². The molecule has 2 aromatic rings. The summed E-state index contributed by atoms with van der Waals surface area (Å²) >= 11 is 5.84. The number of ether oxygens (including phenoxy) is 1. The largest absolute Gasteiger partial charge is 0.380 e. The Morgan fingerprint density at radius 1 is 1.24 bits per heavy atom. The van der Waals surface area contributed by atoms with Crippen molar-refractivity contribution in [3.63, 3.8) is 0 Å². The molecule has 0 radical (unpaired) electrons. The molecule has 0 saturated heterocycles. The Kier molecular flexibility index (Phi) is 4.90. The van der Waals surface area contributed by atoms with E-state index in [-0.39, 0.29) is 11.5 Å². The van der Waals surface area contributed by atoms with Gasteiger partial charge in [0.05, 0.1) is 22.3 Å². The summed E-state index contributed by atoms with van der Waals surface area (Å²) in [7, 11) is -3.72. The molecule has 0 unspecified atom stereocenters. The second-order valence-electron chi connectivity index (χ2n) is 6.20. The molecule has 3 atom stereocenters. The average molecular weight is 384 g/mol. The van der Waals surface area contributed by atoms with Crippen molar-refractivity contribution in [1.82, 2.24) is 0 Å². The van der Waals surface area contributed by atoms with E-state index in [0.29, 0.717) is 17.2 Å². The molecule has 2 N–H and O–H groups in total. The van der Waals surface area contributed by atoms with E-state index in [2.05, 4.69) is 0 Å². The topological polar surface area (TPSA) is 69.4 Å². The molecule has 1 fully saturated rings. The maximum absolute atomic E-state index is 13.6. The van der Waals surface area contributed by atoms with Crippen LogP contribution in [0.25, 0.3) is 0 Å². The minimum atomic E-state index is -3.72. The third kappa shape index (κ3) is 3.31. The molecule has 0 aliphatic heterocycles. The van der Waals surface area contributed by atoms with E-state index in [1.165, 1.54) is 36.4 Å². The molecule has 0 amide bonds. The molecule has 1 aliphatic rings. The van der Waals surface area contributed by atoms with Crippen LogP contribution in [0.2, 0.25) is 5.02 Å². The third-order valence-electron chi connectivity index (χ3n) is 4.54. The van der Waals surface area contributed by atoms with E-state index >= 15 is 0 Å². The Morgan fingerprint density at radius 3 is 2.52 bits per heavy atom. The van der Waals surface area contributed by atoms with E-state index in [4.69, 9.17) is 22.1 Å². The lowest BCUT2D eigenvalue weighted by Gasteiger charge is -2.12. The van der Waals surface area contributed by atoms with Gasteiger partial charge < -0.3 is 10.5 Å². The summed E-state index contributed by atoms with van der Waals surface area (Å²) in [6, 6.07) is 11.8. The lowest BCUT2D eigenvalue weighted by molar-refractivity contribution is 0.125. The van der Waals surface area contributed by atoms with Crippen molar-refractivity contribution in [2.24, 2.45) is 5.73 Å². The van der Waals surface area contributed by atoms with Crippen molar-refractivity contribution in [2.45, 2.75) is 28.5 Å². The van der Waals surface area contributed by atoms with Crippen LogP contribution < -0.4 is 5.73 Å². The molecular formula is C18H19ClFNO3S. The van der Waals surface area contributed by atoms with Gasteiger partial charge in [0.2, 0.25) is 0 Å². The lowest BCUT2D eigenvalue weighted by atomic mass is 10.1. The zero-order chi connectivity index (χ0) is 18.2. The van der Waals surface area contributed by atoms with Gasteiger partial charge in [-0.3, -0.25) is 0 Å². The average Bonchev–Trinajstić information content (AvgIpc) is 3.20. The van der Waals surface area contributed by atoms with Crippen LogP contribution in [0.3, 0.4) is 0 Å². The molecule has 0 aromatic heterocycles. The molecule has 25 heavy (non-hydrogen) atoms. The Labute approximate surface area is 151 Å². The van der Waals surface area contributed by atoms with Gasteiger partial charge in [-0.2, -0.15) is 0 Å². The van der Waals surface area contributed by atoms with Crippen LogP contribution in [0, 0.1) is 5.82 Å². The van der Waals surface area contributed by atoms with Crippen molar-refractivity contribution in [3.05, 3.63) is 64.9 Å². The number of benzene rings is 2. The van der Waals surface area contributed by atoms with Gasteiger partial charge in [-0.15, -0.1) is 0 Å². The molecule has 0 spiro atoms. The molecule has 2 aromatic carbocycles. The molecule has 0 bridgehead atoms. The fourth-order valence-corrected chi connectivity index (χ4v) is 5.71. The number of halogens is 2. The lowest BCUT2D eigenvalue weighted by Crippen LogP contribution is -2.36. The van der Waals surface area contributed by atoms with E-state index in [1.54, 1.807) is 12.1 Å². The van der Waals surface area contributed by atoms with E-state index in [1.807, 2.05) is 6.92 Å². The maximum Gasteiger partial charge on any atom is 0.183 e. The molecule has 134 valence electrons. The number of hydrogen-bond acceptors (Lipinski definition) is 4. The molecule has 7 heteroatoms. The van der Waals surface area contributed by atoms with Crippen LogP contribution in [0.1, 0.15) is 18.4 Å². The van der Waals surface area contributed by atoms with Crippen LogP contribution in [0.5, 0.6) is 0 Å². The van der Waals surface area contributed by atoms with Crippen LogP contribution in [0.15, 0.2) is 53.4 Å². The van der Waals surface area contributed by atoms with Gasteiger partial charge in [0.25, 0.3) is 0 Å². The highest BCUT2D eigenvalue weighted by Gasteiger charge is 2.69. The van der Waals surface area contributed by atoms with Crippen molar-refractivity contribution < 1.29 is 17.5 Å². The van der Waals surface area contributed by atoms with Gasteiger partial charge in [-0.05, 0) is 48.9 Å². The first-order valence-electron chi connectivity index (χ1n) is 7.92. The molecular weight excluding hydrogens is 365 g/mol. The van der Waals surface area contributed by atoms with Crippen LogP contribution in [-0.4, -0.2) is 32.4 Å². The predicted molar refractivity (Wildman–Crippen MR) is 95.0 cm³/mol. The second kappa shape index (κ2) is 6.68. The van der Waals surface area contributed by atoms with Crippen molar-refractivity contribution in [1.29, 1.82) is 0 Å². The van der Waals surface area contributed by atoms with Crippen LogP contribution in [0.4, 0.5) is 4.39 Å². The zero-order valence-corrected chi connectivity index (χ0v) is 15.2. The van der Waals surface area contributed by atoms with Crippen molar-refractivity contribution >= 4 is 21.4 Å². The summed E-state index contributed by atoms with van der Waals surface area (Å²) in [5.74, 6) is -0.957. The summed E-state index contributed by atoms with van der Waals surface area (Å²) in [6.07, 6.45) is 0. The van der Waals surface area contributed by atoms with Crippen molar-refractivity contribution in [3.8, 4) is 0 Å². The maximum atomic E-state index is 13.6. The van der Waals surface area contributed by atoms with Gasteiger partial charge in [-0.1, -0.05) is 23.7 Å². The summed E-state index contributed by atoms with van der Waals surface area (Å²) in [4.78, 5) is 0.145. The number of hydrogen-bond donors (Lipinski definition) is 1. The minimum Gasteiger partial charge on any atom is -0.380 e. The number of sulfone groups is 1. The van der Waals surface area contributed by atoms with Gasteiger partial charge in [0.1, 0.15) is 5.82 Å². The minimum absolute atomic E-state index is 0.0855. The Bertz CT molecular complexity index is 872. The first-order chi connectivity index (χ1) is 11.8. The molecule has 3 rings (SSSR count). The quantitative estimate of drug-likeness (QED) is 0.831. The first kappa shape index (κ1) is 18.3. The van der Waals surface area contributed by atoms with E-state index in [9.17, 15) is 12.8 Å². The summed E-state index contributed by atoms with van der Waals surface area (Å²) in [5, 5.41) is -0.431. The summed E-state index contributed by atoms with van der Waals surface area (Å²) in [6.45, 7) is 2.32. The molecule has 4 nitrogen and oxygen atoms in total. The standard InChI is InChI=1S/C18H19ClFNO3S/c1-2-24-11-18(21)16(12-4-3-5-14(20)10-12)17(18)25(22,23)15-8-6-13(19)7-9-15/h3-10,16-17H,2,11,21H2,1H3/t16-,17-,18+/m0/s1. The van der Waals surface area contributed by atoms with E-state index < -0.39 is 32.4 Å². The van der Waals surface area contributed by atoms with Gasteiger partial charge >= 0.3 is 0 Å². The highest BCUT2D eigenvalue weighted by molar-refractivity contribution is 7.92. The third-order valence-corrected chi connectivity index (χ3v) is 7.10. The number of rotatable bonds is 6. The van der Waals surface area contributed by atoms with E-state index in [0.717, 1.165) is 0 Å². The zero-order valence-electron chi connectivity index (χ0n) is 13.7. The first-order valence-corrected chi connectivity index (χ1v) is 9.84. The second-order valence-corrected chi connectivity index (χ2v) is 8.71. The summed E-state index contributed by atoms with van der Waals surface area (Å²) in [5.41, 5.74) is 5.87. The normalized spacial score (nSPS) is 25.8. The fourth-order valence-electron chi connectivity index (χ4n) is 3.30. The van der Waals surface area contributed by atoms with Gasteiger partial charge in [-0.25, -0.2) is 12.8 Å². The SMILES string of the molecule is CCOC[C@@]1(N)[C@@H](c2cccc(F)c2)[C@@H]1S(=O)(=O)c1ccc(Cl)cc1. The van der Waals surface area contributed by atoms with Gasteiger partial charge in [0, 0.05) is 17.5 Å². The summed E-state index contributed by atoms with van der Waals surface area (Å²) < 4.78 is 45.2. The molecule has 0 heterocycles. The predicted octanol–water partition coefficient (Wildman–Crippen LogP) is 3.15. The molecule has 1 aliphatic carbocycles. The Balaban J connectivity index is 2.01. The Morgan fingerprint density at radius 2 is 1.92 bits per heavy atom. The van der Waals surface area contributed by atoms with Gasteiger partial charge in [0.15, 0.2) is 9.84 Å². The molecule has 1 saturated carbocycles. The number of nitrogens with two attached hydrogens (primary N) is 1.